The van der Waals surface area contributed by atoms with Crippen LogP contribution in [0, 0.1) is 5.82 Å². The molecule has 5 nitrogen and oxygen atoms in total. The lowest BCUT2D eigenvalue weighted by Gasteiger charge is -2.09. The van der Waals surface area contributed by atoms with Gasteiger partial charge in [-0.15, -0.1) is 0 Å². The fourth-order valence-electron chi connectivity index (χ4n) is 2.50. The van der Waals surface area contributed by atoms with E-state index in [0.717, 1.165) is 24.1 Å². The molecule has 2 aromatic heterocycles. The zero-order valence-electron chi connectivity index (χ0n) is 12.3. The molecule has 0 radical (unpaired) electrons. The summed E-state index contributed by atoms with van der Waals surface area (Å²) < 4.78 is 16.3. The molecule has 6 heteroatoms. The number of fused-ring (bicyclic) bond motifs is 1. The molecule has 3 rings (SSSR count). The highest BCUT2D eigenvalue weighted by molar-refractivity contribution is 5.64. The molecule has 0 saturated carbocycles. The van der Waals surface area contributed by atoms with Gasteiger partial charge in [0.05, 0.1) is 5.69 Å². The minimum Gasteiger partial charge on any atom is -0.333 e. The quantitative estimate of drug-likeness (QED) is 0.798. The minimum atomic E-state index is -0.299. The van der Waals surface area contributed by atoms with E-state index in [9.17, 15) is 9.18 Å². The lowest BCUT2D eigenvalue weighted by Crippen LogP contribution is -2.20. The number of nitrogens with two attached hydrogens (primary N) is 1. The van der Waals surface area contributed by atoms with Crippen molar-refractivity contribution in [2.75, 3.05) is 6.54 Å². The van der Waals surface area contributed by atoms with Crippen LogP contribution in [-0.4, -0.2) is 20.7 Å². The van der Waals surface area contributed by atoms with E-state index in [1.54, 1.807) is 18.2 Å². The van der Waals surface area contributed by atoms with Gasteiger partial charge in [-0.2, -0.15) is 9.61 Å². The first kappa shape index (κ1) is 14.5. The molecule has 0 atom stereocenters. The standard InChI is InChI=1S/C16H17FN4O/c1-20-13(3-2-8-18)9-16(22)21-15(20)10-14(19-21)11-4-6-12(17)7-5-11/h4-7,9-10H,2-3,8,18H2,1H3. The van der Waals surface area contributed by atoms with Gasteiger partial charge in [-0.3, -0.25) is 4.79 Å². The zero-order valence-corrected chi connectivity index (χ0v) is 12.3. The van der Waals surface area contributed by atoms with Gasteiger partial charge in [0.2, 0.25) is 0 Å². The van der Waals surface area contributed by atoms with Crippen LogP contribution in [0.2, 0.25) is 0 Å². The smallest absolute Gasteiger partial charge is 0.274 e. The lowest BCUT2D eigenvalue weighted by atomic mass is 10.1. The van der Waals surface area contributed by atoms with Crippen molar-refractivity contribution in [2.24, 2.45) is 12.8 Å². The maximum absolute atomic E-state index is 13.0. The van der Waals surface area contributed by atoms with E-state index in [4.69, 9.17) is 5.73 Å². The second-order valence-corrected chi connectivity index (χ2v) is 5.23. The van der Waals surface area contributed by atoms with Gasteiger partial charge in [0.15, 0.2) is 0 Å². The minimum absolute atomic E-state index is 0.173. The van der Waals surface area contributed by atoms with Crippen LogP contribution in [-0.2, 0) is 13.5 Å². The predicted molar refractivity (Wildman–Crippen MR) is 83.2 cm³/mol. The predicted octanol–water partition coefficient (Wildman–Crippen LogP) is 1.73. The Morgan fingerprint density at radius 2 is 1.95 bits per heavy atom. The van der Waals surface area contributed by atoms with E-state index >= 15 is 0 Å². The van der Waals surface area contributed by atoms with Gasteiger partial charge in [-0.1, -0.05) is 0 Å². The summed E-state index contributed by atoms with van der Waals surface area (Å²) in [5.41, 5.74) is 8.41. The molecular weight excluding hydrogens is 283 g/mol. The first-order valence-electron chi connectivity index (χ1n) is 7.15. The number of hydrogen-bond donors (Lipinski definition) is 1. The van der Waals surface area contributed by atoms with Gasteiger partial charge < -0.3 is 10.3 Å². The average molecular weight is 300 g/mol. The number of aryl methyl sites for hydroxylation is 2. The highest BCUT2D eigenvalue weighted by Crippen LogP contribution is 2.19. The van der Waals surface area contributed by atoms with Crippen molar-refractivity contribution in [3.63, 3.8) is 0 Å². The molecule has 0 aliphatic carbocycles. The van der Waals surface area contributed by atoms with Crippen molar-refractivity contribution in [1.29, 1.82) is 0 Å². The van der Waals surface area contributed by atoms with Crippen molar-refractivity contribution < 1.29 is 4.39 Å². The Morgan fingerprint density at radius 1 is 1.23 bits per heavy atom. The highest BCUT2D eigenvalue weighted by atomic mass is 19.1. The van der Waals surface area contributed by atoms with Crippen LogP contribution in [0.4, 0.5) is 4.39 Å². The van der Waals surface area contributed by atoms with E-state index in [1.165, 1.54) is 16.6 Å². The van der Waals surface area contributed by atoms with Crippen LogP contribution >= 0.6 is 0 Å². The Labute approximate surface area is 126 Å². The molecule has 1 aromatic carbocycles. The zero-order chi connectivity index (χ0) is 15.7. The van der Waals surface area contributed by atoms with Crippen LogP contribution in [0.25, 0.3) is 16.9 Å². The second kappa shape index (κ2) is 5.73. The Morgan fingerprint density at radius 3 is 2.64 bits per heavy atom. The van der Waals surface area contributed by atoms with Gasteiger partial charge >= 0.3 is 0 Å². The number of aromatic nitrogens is 3. The summed E-state index contributed by atoms with van der Waals surface area (Å²) in [4.78, 5) is 12.2. The molecule has 0 fully saturated rings. The summed E-state index contributed by atoms with van der Waals surface area (Å²) in [6.07, 6.45) is 1.57. The topological polar surface area (TPSA) is 65.3 Å². The summed E-state index contributed by atoms with van der Waals surface area (Å²) in [5, 5.41) is 4.33. The molecule has 0 unspecified atom stereocenters. The maximum Gasteiger partial charge on any atom is 0.274 e. The molecule has 2 N–H and O–H groups in total. The van der Waals surface area contributed by atoms with Gasteiger partial charge in [0, 0.05) is 30.4 Å². The number of benzene rings is 1. The van der Waals surface area contributed by atoms with E-state index in [2.05, 4.69) is 5.10 Å². The monoisotopic (exact) mass is 300 g/mol. The van der Waals surface area contributed by atoms with Crippen LogP contribution < -0.4 is 11.3 Å². The van der Waals surface area contributed by atoms with E-state index in [0.29, 0.717) is 17.9 Å². The van der Waals surface area contributed by atoms with Crippen molar-refractivity contribution in [2.45, 2.75) is 12.8 Å². The van der Waals surface area contributed by atoms with Crippen LogP contribution in [0.15, 0.2) is 41.2 Å². The highest BCUT2D eigenvalue weighted by Gasteiger charge is 2.11. The Kier molecular flexibility index (Phi) is 3.77. The molecule has 0 amide bonds. The van der Waals surface area contributed by atoms with E-state index in [-0.39, 0.29) is 11.4 Å². The summed E-state index contributed by atoms with van der Waals surface area (Å²) in [6.45, 7) is 0.583. The molecular formula is C16H17FN4O. The fraction of sp³-hybridized carbons (Fsp3) is 0.250. The summed E-state index contributed by atoms with van der Waals surface area (Å²) in [6, 6.07) is 9.48. The van der Waals surface area contributed by atoms with Gasteiger partial charge in [0.1, 0.15) is 11.5 Å². The first-order chi connectivity index (χ1) is 10.6. The third-order valence-corrected chi connectivity index (χ3v) is 3.74. The number of halogens is 1. The molecule has 0 saturated heterocycles. The average Bonchev–Trinajstić information content (AvgIpc) is 2.96. The molecule has 3 aromatic rings. The van der Waals surface area contributed by atoms with Crippen molar-refractivity contribution in [3.05, 3.63) is 58.3 Å². The number of nitrogens with zero attached hydrogens (tertiary/aromatic N) is 3. The van der Waals surface area contributed by atoms with E-state index in [1.807, 2.05) is 17.7 Å². The Bertz CT molecular complexity index is 864. The third-order valence-electron chi connectivity index (χ3n) is 3.74. The Balaban J connectivity index is 2.13. The number of hydrogen-bond acceptors (Lipinski definition) is 3. The summed E-state index contributed by atoms with van der Waals surface area (Å²) >= 11 is 0. The SMILES string of the molecule is Cn1c(CCCN)cc(=O)n2nc(-c3ccc(F)cc3)cc12. The molecule has 0 bridgehead atoms. The van der Waals surface area contributed by atoms with Crippen LogP contribution in [0.5, 0.6) is 0 Å². The van der Waals surface area contributed by atoms with Gasteiger partial charge in [0.25, 0.3) is 5.56 Å². The molecule has 2 heterocycles. The van der Waals surface area contributed by atoms with Crippen molar-refractivity contribution in [3.8, 4) is 11.3 Å². The van der Waals surface area contributed by atoms with E-state index < -0.39 is 0 Å². The molecule has 0 aliphatic heterocycles. The van der Waals surface area contributed by atoms with Crippen molar-refractivity contribution in [1.82, 2.24) is 14.2 Å². The Hall–Kier alpha value is -2.47. The van der Waals surface area contributed by atoms with Crippen LogP contribution in [0.1, 0.15) is 12.1 Å². The number of rotatable bonds is 4. The second-order valence-electron chi connectivity index (χ2n) is 5.23. The fourth-order valence-corrected chi connectivity index (χ4v) is 2.50. The van der Waals surface area contributed by atoms with Crippen molar-refractivity contribution >= 4 is 5.65 Å². The molecule has 0 spiro atoms. The lowest BCUT2D eigenvalue weighted by molar-refractivity contribution is 0.628. The largest absolute Gasteiger partial charge is 0.333 e. The van der Waals surface area contributed by atoms with Crippen LogP contribution in [0.3, 0.4) is 0 Å². The maximum atomic E-state index is 13.0. The summed E-state index contributed by atoms with van der Waals surface area (Å²) in [5.74, 6) is -0.299. The van der Waals surface area contributed by atoms with Gasteiger partial charge in [-0.25, -0.2) is 4.39 Å². The normalized spacial score (nSPS) is 11.2. The molecule has 22 heavy (non-hydrogen) atoms. The molecule has 0 aliphatic rings. The third kappa shape index (κ3) is 2.53. The first-order valence-corrected chi connectivity index (χ1v) is 7.15. The van der Waals surface area contributed by atoms with Gasteiger partial charge in [-0.05, 0) is 43.7 Å². The summed E-state index contributed by atoms with van der Waals surface area (Å²) in [7, 11) is 1.90. The molecule has 114 valence electrons.